The molecule has 1 heterocycles. The van der Waals surface area contributed by atoms with E-state index in [-0.39, 0.29) is 53.2 Å². The molecule has 0 N–H and O–H groups in total. The van der Waals surface area contributed by atoms with Crippen LogP contribution in [0.25, 0.3) is 0 Å². The largest absolute Gasteiger partial charge is 0.876 e. The molecule has 0 aromatic heterocycles. The number of hydrogen-bond donors (Lipinski definition) is 0. The van der Waals surface area contributed by atoms with Crippen LogP contribution in [0.3, 0.4) is 0 Å². The summed E-state index contributed by atoms with van der Waals surface area (Å²) in [7, 11) is 0. The van der Waals surface area contributed by atoms with Gasteiger partial charge in [-0.2, -0.15) is 0 Å². The third-order valence-corrected chi connectivity index (χ3v) is 3.08. The molecule has 0 saturated carbocycles. The fourth-order valence-corrected chi connectivity index (χ4v) is 1.96. The fourth-order valence-electron chi connectivity index (χ4n) is 1.96. The molecule has 11 nitrogen and oxygen atoms in total. The van der Waals surface area contributed by atoms with E-state index >= 15 is 0 Å². The van der Waals surface area contributed by atoms with Crippen molar-refractivity contribution in [1.29, 1.82) is 0 Å². The predicted octanol–water partition coefficient (Wildman–Crippen LogP) is -0.401. The Bertz CT molecular complexity index is 536. The summed E-state index contributed by atoms with van der Waals surface area (Å²) in [5, 5.41) is 29.9. The molecule has 0 aliphatic carbocycles. The first-order chi connectivity index (χ1) is 16.9. The number of rotatable bonds is 3. The van der Waals surface area contributed by atoms with Crippen LogP contribution in [0.5, 0.6) is 0 Å². The summed E-state index contributed by atoms with van der Waals surface area (Å²) >= 11 is 0. The zero-order valence-electron chi connectivity index (χ0n) is 22.7. The van der Waals surface area contributed by atoms with Gasteiger partial charge in [-0.05, 0) is 39.0 Å². The van der Waals surface area contributed by atoms with E-state index in [9.17, 15) is 29.7 Å². The molecule has 12 heteroatoms. The normalized spacial score (nSPS) is 16.2. The minimum Gasteiger partial charge on any atom is -0.876 e. The van der Waals surface area contributed by atoms with Crippen molar-refractivity contribution in [1.82, 2.24) is 0 Å². The van der Waals surface area contributed by atoms with Gasteiger partial charge in [0.05, 0.1) is 66.1 Å². The summed E-state index contributed by atoms with van der Waals surface area (Å²) in [4.78, 5) is 29.9. The molecule has 0 spiro atoms. The van der Waals surface area contributed by atoms with E-state index in [1.807, 2.05) is 0 Å². The summed E-state index contributed by atoms with van der Waals surface area (Å²) in [6, 6.07) is 0. The summed E-state index contributed by atoms with van der Waals surface area (Å²) in [5.41, 5.74) is 0. The molecule has 0 amide bonds. The van der Waals surface area contributed by atoms with E-state index in [4.69, 9.17) is 23.7 Å². The Morgan fingerprint density at radius 2 is 0.568 bits per heavy atom. The number of ketones is 3. The third kappa shape index (κ3) is 55.7. The minimum atomic E-state index is -0.187. The summed E-state index contributed by atoms with van der Waals surface area (Å²) in [6.07, 6.45) is 3.17. The number of carbonyl (C=O) groups is 3. The second kappa shape index (κ2) is 32.0. The van der Waals surface area contributed by atoms with Crippen molar-refractivity contribution >= 4 is 17.3 Å². The van der Waals surface area contributed by atoms with E-state index < -0.39 is 0 Å². The second-order valence-electron chi connectivity index (χ2n) is 7.16. The van der Waals surface area contributed by atoms with Crippen molar-refractivity contribution in [3.05, 3.63) is 35.5 Å². The maximum absolute atomic E-state index is 9.98. The maximum atomic E-state index is 9.98. The molecule has 1 aliphatic rings. The van der Waals surface area contributed by atoms with Crippen molar-refractivity contribution < 1.29 is 71.9 Å². The molecule has 0 aromatic rings. The zero-order valence-corrected chi connectivity index (χ0v) is 24.1. The van der Waals surface area contributed by atoms with Crippen molar-refractivity contribution in [2.45, 2.75) is 41.5 Å². The van der Waals surface area contributed by atoms with Gasteiger partial charge in [0, 0.05) is 18.6 Å². The first kappa shape index (κ1) is 42.1. The van der Waals surface area contributed by atoms with Gasteiger partial charge in [-0.15, -0.1) is 17.3 Å². The average molecular weight is 569 g/mol. The summed E-state index contributed by atoms with van der Waals surface area (Å²) < 4.78 is 26.4. The number of hydrogen-bond acceptors (Lipinski definition) is 11. The van der Waals surface area contributed by atoms with Crippen molar-refractivity contribution in [2.24, 2.45) is 0 Å². The molecule has 1 aliphatic heterocycles. The van der Waals surface area contributed by atoms with Crippen LogP contribution in [-0.4, -0.2) is 83.4 Å². The van der Waals surface area contributed by atoms with E-state index in [0.717, 1.165) is 18.2 Å². The second-order valence-corrected chi connectivity index (χ2v) is 7.16. The van der Waals surface area contributed by atoms with Gasteiger partial charge in [-0.25, -0.2) is 0 Å². The Hall–Kier alpha value is -1.99. The van der Waals surface area contributed by atoms with Crippen LogP contribution in [0.1, 0.15) is 41.5 Å². The van der Waals surface area contributed by atoms with Crippen LogP contribution in [0.4, 0.5) is 0 Å². The molecule has 0 atom stereocenters. The van der Waals surface area contributed by atoms with Crippen LogP contribution in [0, 0.1) is 0 Å². The van der Waals surface area contributed by atoms with Gasteiger partial charge in [0.15, 0.2) is 17.3 Å². The molecular weight excluding hydrogens is 527 g/mol. The van der Waals surface area contributed by atoms with Gasteiger partial charge < -0.3 is 39.0 Å². The predicted molar refractivity (Wildman–Crippen MR) is 127 cm³/mol. The van der Waals surface area contributed by atoms with Crippen LogP contribution < -0.4 is 15.3 Å². The maximum Gasteiger partial charge on any atom is 0.151 e. The van der Waals surface area contributed by atoms with Crippen LogP contribution in [0.15, 0.2) is 35.5 Å². The molecule has 1 rings (SSSR count). The van der Waals surface area contributed by atoms with Crippen molar-refractivity contribution in [3.8, 4) is 0 Å². The van der Waals surface area contributed by atoms with E-state index in [1.54, 1.807) is 0 Å². The standard InChI is InChI=1S/C10H20O5.3C5H8O2.V/c1-2-12-5-6-14-9-10-15-8-7-13-4-3-11-1;3*1-4(6)3-5(2)7;/h1-10H2;3*3,6H,1-2H3;/p-3/b;3*4-3-;. The molecular formula is C25H41O11V-3. The number of ether oxygens (including phenoxy) is 5. The molecule has 1 fully saturated rings. The Balaban J connectivity index is -0.000000211. The molecule has 0 unspecified atom stereocenters. The molecule has 1 radical (unpaired) electrons. The van der Waals surface area contributed by atoms with Crippen molar-refractivity contribution in [3.63, 3.8) is 0 Å². The van der Waals surface area contributed by atoms with Gasteiger partial charge >= 0.3 is 0 Å². The van der Waals surface area contributed by atoms with Crippen LogP contribution in [0.2, 0.25) is 0 Å². The SMILES string of the molecule is C1COCCOCCOCCOCCO1.CC(=O)/C=C(/C)[O-].CC(=O)/C=C(/C)[O-].CC(=O)/C=C(/C)[O-].[V]. The van der Waals surface area contributed by atoms with Crippen molar-refractivity contribution in [2.75, 3.05) is 66.1 Å². The van der Waals surface area contributed by atoms with Gasteiger partial charge in [0.1, 0.15) is 0 Å². The van der Waals surface area contributed by atoms with Crippen LogP contribution >= 0.6 is 0 Å². The third-order valence-electron chi connectivity index (χ3n) is 3.08. The molecule has 1 saturated heterocycles. The van der Waals surface area contributed by atoms with Gasteiger partial charge in [0.2, 0.25) is 0 Å². The van der Waals surface area contributed by atoms with Crippen LogP contribution in [-0.2, 0) is 56.6 Å². The summed E-state index contributed by atoms with van der Waals surface area (Å²) in [6.45, 7) is 14.2. The Kier molecular flexibility index (Phi) is 36.5. The molecule has 37 heavy (non-hydrogen) atoms. The quantitative estimate of drug-likeness (QED) is 0.321. The smallest absolute Gasteiger partial charge is 0.151 e. The van der Waals surface area contributed by atoms with Gasteiger partial charge in [0.25, 0.3) is 0 Å². The molecule has 215 valence electrons. The first-order valence-electron chi connectivity index (χ1n) is 11.3. The zero-order chi connectivity index (χ0) is 28.2. The minimum absolute atomic E-state index is 0. The van der Waals surface area contributed by atoms with E-state index in [1.165, 1.54) is 41.5 Å². The van der Waals surface area contributed by atoms with E-state index in [2.05, 4.69) is 0 Å². The first-order valence-corrected chi connectivity index (χ1v) is 11.3. The van der Waals surface area contributed by atoms with E-state index in [0.29, 0.717) is 66.1 Å². The van der Waals surface area contributed by atoms with Gasteiger partial charge in [-0.3, -0.25) is 14.4 Å². The average Bonchev–Trinajstić information content (AvgIpc) is 2.71. The Morgan fingerprint density at radius 1 is 0.432 bits per heavy atom. The topological polar surface area (TPSA) is 167 Å². The Labute approximate surface area is 232 Å². The monoisotopic (exact) mass is 568 g/mol. The number of carbonyl (C=O) groups excluding carboxylic acids is 3. The molecule has 0 aromatic carbocycles. The Morgan fingerprint density at radius 3 is 0.622 bits per heavy atom. The number of allylic oxidation sites excluding steroid dienone is 6. The van der Waals surface area contributed by atoms with Gasteiger partial charge in [-0.1, -0.05) is 20.8 Å². The molecule has 0 bridgehead atoms. The fraction of sp³-hybridized carbons (Fsp3) is 0.640. The summed E-state index contributed by atoms with van der Waals surface area (Å²) in [5.74, 6) is -1.12.